The minimum Gasteiger partial charge on any atom is -0.263 e. The maximum Gasteiger partial charge on any atom is 0.334 e. The summed E-state index contributed by atoms with van der Waals surface area (Å²) >= 11 is 0. The topological polar surface area (TPSA) is 57.7 Å². The Bertz CT molecular complexity index is 608. The van der Waals surface area contributed by atoms with Crippen molar-refractivity contribution in [2.45, 2.75) is 34.2 Å². The van der Waals surface area contributed by atoms with Gasteiger partial charge in [-0.15, -0.1) is 0 Å². The van der Waals surface area contributed by atoms with E-state index in [4.69, 9.17) is 0 Å². The number of amides is 4. The molecule has 1 aromatic carbocycles. The Labute approximate surface area is 124 Å². The first-order valence-electron chi connectivity index (χ1n) is 7.04. The summed E-state index contributed by atoms with van der Waals surface area (Å²) in [5.74, 6) is -1.33. The van der Waals surface area contributed by atoms with Gasteiger partial charge in [0.1, 0.15) is 0 Å². The Morgan fingerprint density at radius 2 is 1.62 bits per heavy atom. The number of carbonyl (C=O) groups is 3. The van der Waals surface area contributed by atoms with Crippen molar-refractivity contribution in [3.8, 4) is 0 Å². The van der Waals surface area contributed by atoms with Gasteiger partial charge in [0.05, 0.1) is 6.54 Å². The smallest absolute Gasteiger partial charge is 0.263 e. The summed E-state index contributed by atoms with van der Waals surface area (Å²) in [6.45, 7) is 8.09. The highest BCUT2D eigenvalue weighted by Gasteiger charge is 2.44. The zero-order valence-corrected chi connectivity index (χ0v) is 12.8. The second-order valence-electron chi connectivity index (χ2n) is 5.91. The normalized spacial score (nSPS) is 15.6. The molecule has 1 aliphatic heterocycles. The van der Waals surface area contributed by atoms with E-state index in [1.165, 1.54) is 0 Å². The van der Waals surface area contributed by atoms with E-state index in [0.29, 0.717) is 0 Å². The Morgan fingerprint density at radius 3 is 2.24 bits per heavy atom. The number of nitrogens with zero attached hydrogens (tertiary/aromatic N) is 2. The highest BCUT2D eigenvalue weighted by Crippen LogP contribution is 2.19. The summed E-state index contributed by atoms with van der Waals surface area (Å²) < 4.78 is 0. The van der Waals surface area contributed by atoms with Gasteiger partial charge >= 0.3 is 17.8 Å². The molecule has 4 amide bonds. The van der Waals surface area contributed by atoms with Gasteiger partial charge < -0.3 is 0 Å². The van der Waals surface area contributed by atoms with E-state index in [0.717, 1.165) is 26.5 Å². The van der Waals surface area contributed by atoms with Gasteiger partial charge in [-0.05, 0) is 30.9 Å². The van der Waals surface area contributed by atoms with E-state index in [2.05, 4.69) is 0 Å². The lowest BCUT2D eigenvalue weighted by Gasteiger charge is -2.18. The molecule has 0 bridgehead atoms. The Kier molecular flexibility index (Phi) is 4.11. The number of imide groups is 2. The van der Waals surface area contributed by atoms with Crippen LogP contribution in [0.1, 0.15) is 30.5 Å². The average molecular weight is 288 g/mol. The van der Waals surface area contributed by atoms with E-state index < -0.39 is 17.8 Å². The Hall–Kier alpha value is -2.17. The molecular weight excluding hydrogens is 268 g/mol. The van der Waals surface area contributed by atoms with E-state index in [9.17, 15) is 14.4 Å². The Morgan fingerprint density at radius 1 is 1.00 bits per heavy atom. The van der Waals surface area contributed by atoms with E-state index in [1.807, 2.05) is 45.9 Å². The molecule has 0 saturated carbocycles. The average Bonchev–Trinajstić information content (AvgIpc) is 2.60. The molecule has 1 saturated heterocycles. The predicted octanol–water partition coefficient (Wildman–Crippen LogP) is 2.25. The van der Waals surface area contributed by atoms with Gasteiger partial charge in [-0.25, -0.2) is 4.79 Å². The highest BCUT2D eigenvalue weighted by atomic mass is 16.2. The fraction of sp³-hybridized carbons (Fsp3) is 0.438. The third-order valence-corrected chi connectivity index (χ3v) is 3.52. The first-order valence-corrected chi connectivity index (χ1v) is 7.04. The molecule has 1 aliphatic rings. The molecule has 0 aromatic heterocycles. The number of carbonyl (C=O) groups excluding carboxylic acids is 3. The number of aryl methyl sites for hydroxylation is 2. The van der Waals surface area contributed by atoms with E-state index >= 15 is 0 Å². The maximum absolute atomic E-state index is 12.3. The van der Waals surface area contributed by atoms with Crippen molar-refractivity contribution in [3.63, 3.8) is 0 Å². The maximum atomic E-state index is 12.3. The van der Waals surface area contributed by atoms with Gasteiger partial charge in [-0.2, -0.15) is 0 Å². The number of hydrogen-bond acceptors (Lipinski definition) is 3. The lowest BCUT2D eigenvalue weighted by atomic mass is 10.1. The van der Waals surface area contributed by atoms with E-state index in [-0.39, 0.29) is 19.0 Å². The summed E-state index contributed by atoms with van der Waals surface area (Å²) in [7, 11) is 0. The first-order chi connectivity index (χ1) is 9.81. The molecule has 2 rings (SSSR count). The summed E-state index contributed by atoms with van der Waals surface area (Å²) in [4.78, 5) is 38.3. The zero-order valence-electron chi connectivity index (χ0n) is 12.8. The molecule has 0 atom stereocenters. The van der Waals surface area contributed by atoms with Gasteiger partial charge in [0.2, 0.25) is 0 Å². The molecule has 0 aliphatic carbocycles. The number of hydrogen-bond donors (Lipinski definition) is 0. The predicted molar refractivity (Wildman–Crippen MR) is 78.4 cm³/mol. The number of benzene rings is 1. The third-order valence-electron chi connectivity index (χ3n) is 3.52. The molecule has 112 valence electrons. The van der Waals surface area contributed by atoms with Crippen LogP contribution < -0.4 is 0 Å². The monoisotopic (exact) mass is 288 g/mol. The van der Waals surface area contributed by atoms with Crippen LogP contribution >= 0.6 is 0 Å². The fourth-order valence-electron chi connectivity index (χ4n) is 2.36. The molecule has 1 fully saturated rings. The van der Waals surface area contributed by atoms with Crippen LogP contribution in [-0.4, -0.2) is 34.2 Å². The largest absolute Gasteiger partial charge is 0.334 e. The van der Waals surface area contributed by atoms with Crippen LogP contribution in [0.4, 0.5) is 4.79 Å². The SMILES string of the molecule is Cc1ccc(C)c(CN2C(=O)C(=O)N(CC(C)C)C2=O)c1. The number of rotatable bonds is 4. The highest BCUT2D eigenvalue weighted by molar-refractivity contribution is 6.44. The van der Waals surface area contributed by atoms with Gasteiger partial charge in [-0.1, -0.05) is 37.6 Å². The molecule has 0 unspecified atom stereocenters. The second kappa shape index (κ2) is 5.68. The minimum absolute atomic E-state index is 0.131. The van der Waals surface area contributed by atoms with Crippen molar-refractivity contribution >= 4 is 17.8 Å². The van der Waals surface area contributed by atoms with Crippen LogP contribution in [0, 0.1) is 19.8 Å². The van der Waals surface area contributed by atoms with Crippen LogP contribution in [0.2, 0.25) is 0 Å². The second-order valence-corrected chi connectivity index (χ2v) is 5.91. The van der Waals surface area contributed by atoms with Gasteiger partial charge in [0, 0.05) is 6.54 Å². The van der Waals surface area contributed by atoms with Crippen LogP contribution in [0.3, 0.4) is 0 Å². The van der Waals surface area contributed by atoms with Crippen LogP contribution in [-0.2, 0) is 16.1 Å². The summed E-state index contributed by atoms with van der Waals surface area (Å²) in [5.41, 5.74) is 2.94. The molecule has 1 heterocycles. The fourth-order valence-corrected chi connectivity index (χ4v) is 2.36. The third kappa shape index (κ3) is 2.96. The van der Waals surface area contributed by atoms with Gasteiger partial charge in [-0.3, -0.25) is 19.4 Å². The van der Waals surface area contributed by atoms with Crippen molar-refractivity contribution in [3.05, 3.63) is 34.9 Å². The molecular formula is C16H20N2O3. The Balaban J connectivity index is 2.24. The van der Waals surface area contributed by atoms with Gasteiger partial charge in [0.15, 0.2) is 0 Å². The lowest BCUT2D eigenvalue weighted by molar-refractivity contribution is -0.143. The van der Waals surface area contributed by atoms with Crippen molar-refractivity contribution in [2.24, 2.45) is 5.92 Å². The summed E-state index contributed by atoms with van der Waals surface area (Å²) in [6.07, 6.45) is 0. The van der Waals surface area contributed by atoms with Crippen molar-refractivity contribution in [1.29, 1.82) is 0 Å². The first kappa shape index (κ1) is 15.2. The summed E-state index contributed by atoms with van der Waals surface area (Å²) in [5, 5.41) is 0. The standard InChI is InChI=1S/C16H20N2O3/c1-10(2)8-17-14(19)15(20)18(16(17)21)9-13-7-11(3)5-6-12(13)4/h5-7,10H,8-9H2,1-4H3. The molecule has 21 heavy (non-hydrogen) atoms. The molecule has 1 aromatic rings. The van der Waals surface area contributed by atoms with Crippen molar-refractivity contribution in [2.75, 3.05) is 6.54 Å². The molecule has 0 spiro atoms. The molecule has 5 nitrogen and oxygen atoms in total. The van der Waals surface area contributed by atoms with E-state index in [1.54, 1.807) is 0 Å². The van der Waals surface area contributed by atoms with Crippen LogP contribution in [0.5, 0.6) is 0 Å². The van der Waals surface area contributed by atoms with Crippen molar-refractivity contribution in [1.82, 2.24) is 9.80 Å². The zero-order chi connectivity index (χ0) is 15.7. The molecule has 0 N–H and O–H groups in total. The van der Waals surface area contributed by atoms with Crippen LogP contribution in [0.25, 0.3) is 0 Å². The van der Waals surface area contributed by atoms with Crippen LogP contribution in [0.15, 0.2) is 18.2 Å². The quantitative estimate of drug-likeness (QED) is 0.630. The molecule has 0 radical (unpaired) electrons. The number of urea groups is 1. The van der Waals surface area contributed by atoms with Gasteiger partial charge in [0.25, 0.3) is 0 Å². The summed E-state index contributed by atoms with van der Waals surface area (Å²) in [6, 6.07) is 5.34. The minimum atomic E-state index is -0.735. The van der Waals surface area contributed by atoms with Crippen molar-refractivity contribution < 1.29 is 14.4 Å². The lowest BCUT2D eigenvalue weighted by Crippen LogP contribution is -2.35. The molecule has 5 heteroatoms.